The fourth-order valence-corrected chi connectivity index (χ4v) is 1.98. The van der Waals surface area contributed by atoms with Crippen LogP contribution in [0.1, 0.15) is 5.69 Å². The predicted octanol–water partition coefficient (Wildman–Crippen LogP) is 1.31. The van der Waals surface area contributed by atoms with Gasteiger partial charge in [-0.1, -0.05) is 0 Å². The summed E-state index contributed by atoms with van der Waals surface area (Å²) in [7, 11) is 6.01. The summed E-state index contributed by atoms with van der Waals surface area (Å²) in [4.78, 5) is 10.7. The van der Waals surface area contributed by atoms with Gasteiger partial charge >= 0.3 is 0 Å². The molecule has 0 saturated heterocycles. The van der Waals surface area contributed by atoms with Gasteiger partial charge in [0.15, 0.2) is 0 Å². The molecule has 0 saturated carbocycles. The molecule has 0 spiro atoms. The van der Waals surface area contributed by atoms with Crippen molar-refractivity contribution in [1.29, 1.82) is 0 Å². The largest absolute Gasteiger partial charge is 0.372 e. The number of hydrogen-bond acceptors (Lipinski definition) is 5. The van der Waals surface area contributed by atoms with Crippen molar-refractivity contribution < 1.29 is 0 Å². The average Bonchev–Trinajstić information content (AvgIpc) is 2.25. The predicted molar refractivity (Wildman–Crippen MR) is 66.3 cm³/mol. The highest BCUT2D eigenvalue weighted by molar-refractivity contribution is 7.98. The minimum absolute atomic E-state index is 0.817. The van der Waals surface area contributed by atoms with E-state index in [2.05, 4.69) is 34.3 Å². The first kappa shape index (κ1) is 12.3. The van der Waals surface area contributed by atoms with Gasteiger partial charge in [0.25, 0.3) is 0 Å². The summed E-state index contributed by atoms with van der Waals surface area (Å²) in [5, 5.41) is 2.95. The van der Waals surface area contributed by atoms with Crippen LogP contribution in [0.3, 0.4) is 0 Å². The number of hydrogen-bond donors (Lipinski definition) is 1. The van der Waals surface area contributed by atoms with Crippen LogP contribution in [0.4, 0.5) is 5.82 Å². The zero-order valence-corrected chi connectivity index (χ0v) is 10.3. The minimum Gasteiger partial charge on any atom is -0.372 e. The minimum atomic E-state index is 0.817. The van der Waals surface area contributed by atoms with Crippen LogP contribution in [0.15, 0.2) is 12.4 Å². The van der Waals surface area contributed by atoms with Gasteiger partial charge in [-0.05, 0) is 14.1 Å². The molecule has 1 heterocycles. The molecule has 0 amide bonds. The first-order valence-corrected chi connectivity index (χ1v) is 6.09. The molecule has 1 N–H and O–H groups in total. The number of rotatable bonds is 6. The molecular formula is C10H18N4S. The monoisotopic (exact) mass is 226 g/mol. The number of nitrogens with zero attached hydrogens (tertiary/aromatic N) is 3. The highest BCUT2D eigenvalue weighted by atomic mass is 32.2. The van der Waals surface area contributed by atoms with Gasteiger partial charge < -0.3 is 10.2 Å². The molecule has 15 heavy (non-hydrogen) atoms. The molecular weight excluding hydrogens is 208 g/mol. The summed E-state index contributed by atoms with van der Waals surface area (Å²) in [5.74, 6) is 2.88. The molecule has 4 nitrogen and oxygen atoms in total. The van der Waals surface area contributed by atoms with Crippen LogP contribution in [0.2, 0.25) is 0 Å². The van der Waals surface area contributed by atoms with Gasteiger partial charge in [-0.3, -0.25) is 4.98 Å². The van der Waals surface area contributed by atoms with Crippen molar-refractivity contribution in [2.24, 2.45) is 0 Å². The summed E-state index contributed by atoms with van der Waals surface area (Å²) >= 11 is 1.88. The van der Waals surface area contributed by atoms with Crippen LogP contribution < -0.4 is 5.32 Å². The summed E-state index contributed by atoms with van der Waals surface area (Å²) < 4.78 is 0. The maximum absolute atomic E-state index is 4.31. The highest BCUT2D eigenvalue weighted by Crippen LogP contribution is 2.09. The van der Waals surface area contributed by atoms with E-state index in [0.29, 0.717) is 0 Å². The molecule has 0 aliphatic carbocycles. The number of anilines is 1. The van der Waals surface area contributed by atoms with Gasteiger partial charge in [0.05, 0.1) is 18.1 Å². The van der Waals surface area contributed by atoms with E-state index < -0.39 is 0 Å². The Hall–Kier alpha value is -0.810. The van der Waals surface area contributed by atoms with Crippen LogP contribution in [0, 0.1) is 0 Å². The molecule has 1 aromatic heterocycles. The summed E-state index contributed by atoms with van der Waals surface area (Å²) in [6.07, 6.45) is 3.59. The molecule has 84 valence electrons. The molecule has 0 fully saturated rings. The Balaban J connectivity index is 2.25. The van der Waals surface area contributed by atoms with Gasteiger partial charge in [-0.2, -0.15) is 11.8 Å². The summed E-state index contributed by atoms with van der Waals surface area (Å²) in [6.45, 7) is 1.10. The first-order valence-electron chi connectivity index (χ1n) is 4.93. The topological polar surface area (TPSA) is 41.1 Å². The quantitative estimate of drug-likeness (QED) is 0.741. The van der Waals surface area contributed by atoms with E-state index in [9.17, 15) is 0 Å². The number of thioether (sulfide) groups is 1. The van der Waals surface area contributed by atoms with E-state index in [-0.39, 0.29) is 0 Å². The van der Waals surface area contributed by atoms with Gasteiger partial charge in [-0.15, -0.1) is 0 Å². The Morgan fingerprint density at radius 1 is 1.33 bits per heavy atom. The van der Waals surface area contributed by atoms with E-state index in [4.69, 9.17) is 0 Å². The lowest BCUT2D eigenvalue weighted by molar-refractivity contribution is 0.437. The lowest BCUT2D eigenvalue weighted by Crippen LogP contribution is -2.14. The second-order valence-electron chi connectivity index (χ2n) is 3.50. The van der Waals surface area contributed by atoms with Crippen LogP contribution in [0.5, 0.6) is 0 Å². The third kappa shape index (κ3) is 4.99. The zero-order chi connectivity index (χ0) is 11.1. The second-order valence-corrected chi connectivity index (χ2v) is 4.60. The standard InChI is InChI=1S/C10H18N4S/c1-11-10-7-12-9(6-13-10)8-15-5-4-14(2)3/h6-7H,4-5,8H2,1-3H3,(H,11,13). The Labute approximate surface area is 95.5 Å². The van der Waals surface area contributed by atoms with Crippen LogP contribution in [0.25, 0.3) is 0 Å². The molecule has 0 atom stereocenters. The van der Waals surface area contributed by atoms with E-state index >= 15 is 0 Å². The van der Waals surface area contributed by atoms with Crippen molar-refractivity contribution >= 4 is 17.6 Å². The van der Waals surface area contributed by atoms with Crippen LogP contribution in [-0.2, 0) is 5.75 Å². The van der Waals surface area contributed by atoms with Crippen molar-refractivity contribution in [3.8, 4) is 0 Å². The molecule has 0 aliphatic rings. The lowest BCUT2D eigenvalue weighted by Gasteiger charge is -2.08. The van der Waals surface area contributed by atoms with Gasteiger partial charge in [0.2, 0.25) is 0 Å². The highest BCUT2D eigenvalue weighted by Gasteiger charge is 1.97. The third-order valence-corrected chi connectivity index (χ3v) is 2.87. The third-order valence-electron chi connectivity index (χ3n) is 1.89. The van der Waals surface area contributed by atoms with Crippen molar-refractivity contribution in [3.05, 3.63) is 18.1 Å². The molecule has 0 unspecified atom stereocenters. The maximum Gasteiger partial charge on any atom is 0.144 e. The molecule has 0 aliphatic heterocycles. The number of nitrogens with one attached hydrogen (secondary N) is 1. The molecule has 5 heteroatoms. The Morgan fingerprint density at radius 2 is 2.13 bits per heavy atom. The van der Waals surface area contributed by atoms with Crippen molar-refractivity contribution in [2.75, 3.05) is 38.8 Å². The fourth-order valence-electron chi connectivity index (χ4n) is 0.982. The summed E-state index contributed by atoms with van der Waals surface area (Å²) in [5.41, 5.74) is 1.04. The summed E-state index contributed by atoms with van der Waals surface area (Å²) in [6, 6.07) is 0. The first-order chi connectivity index (χ1) is 7.22. The van der Waals surface area contributed by atoms with Crippen molar-refractivity contribution in [3.63, 3.8) is 0 Å². The molecule has 0 radical (unpaired) electrons. The van der Waals surface area contributed by atoms with E-state index in [1.54, 1.807) is 6.20 Å². The molecule has 1 rings (SSSR count). The Bertz CT molecular complexity index is 273. The molecule has 0 aromatic carbocycles. The van der Waals surface area contributed by atoms with E-state index in [1.165, 1.54) is 0 Å². The van der Waals surface area contributed by atoms with Gasteiger partial charge in [0.1, 0.15) is 5.82 Å². The Morgan fingerprint density at radius 3 is 2.67 bits per heavy atom. The Kier molecular flexibility index (Phi) is 5.42. The average molecular weight is 226 g/mol. The van der Waals surface area contributed by atoms with E-state index in [0.717, 1.165) is 29.6 Å². The SMILES string of the molecule is CNc1cnc(CSCCN(C)C)cn1. The molecule has 1 aromatic rings. The van der Waals surface area contributed by atoms with Crippen LogP contribution in [-0.4, -0.2) is 48.3 Å². The van der Waals surface area contributed by atoms with Gasteiger partial charge in [0, 0.05) is 25.1 Å². The van der Waals surface area contributed by atoms with Crippen molar-refractivity contribution in [1.82, 2.24) is 14.9 Å². The maximum atomic E-state index is 4.31. The lowest BCUT2D eigenvalue weighted by atomic mass is 10.5. The smallest absolute Gasteiger partial charge is 0.144 e. The van der Waals surface area contributed by atoms with E-state index in [1.807, 2.05) is 25.0 Å². The second kappa shape index (κ2) is 6.63. The zero-order valence-electron chi connectivity index (χ0n) is 9.53. The fraction of sp³-hybridized carbons (Fsp3) is 0.600. The normalized spacial score (nSPS) is 10.7. The molecule has 0 bridgehead atoms. The van der Waals surface area contributed by atoms with Crippen LogP contribution >= 0.6 is 11.8 Å². The van der Waals surface area contributed by atoms with Gasteiger partial charge in [-0.25, -0.2) is 4.98 Å². The van der Waals surface area contributed by atoms with Crippen molar-refractivity contribution in [2.45, 2.75) is 5.75 Å². The number of aromatic nitrogens is 2.